The number of halogens is 1. The zero-order valence-electron chi connectivity index (χ0n) is 12.5. The molecule has 0 radical (unpaired) electrons. The third-order valence-corrected chi connectivity index (χ3v) is 3.92. The van der Waals surface area contributed by atoms with E-state index in [0.717, 1.165) is 0 Å². The summed E-state index contributed by atoms with van der Waals surface area (Å²) in [6, 6.07) is 5.55. The molecular weight excluding hydrogens is 305 g/mol. The Hall–Kier alpha value is -1.99. The summed E-state index contributed by atoms with van der Waals surface area (Å²) in [6.45, 7) is 2.81. The molecule has 0 saturated carbocycles. The number of hydrogen-bond donors (Lipinski definition) is 1. The van der Waals surface area contributed by atoms with Crippen molar-refractivity contribution in [3.63, 3.8) is 0 Å². The molecule has 22 heavy (non-hydrogen) atoms. The van der Waals surface area contributed by atoms with E-state index >= 15 is 0 Å². The van der Waals surface area contributed by atoms with Crippen molar-refractivity contribution in [2.75, 3.05) is 25.5 Å². The van der Waals surface area contributed by atoms with Crippen LogP contribution in [-0.2, 0) is 4.79 Å². The number of benzene rings is 1. The van der Waals surface area contributed by atoms with Gasteiger partial charge in [-0.15, -0.1) is 11.3 Å². The van der Waals surface area contributed by atoms with Crippen molar-refractivity contribution >= 4 is 22.4 Å². The Kier molecular flexibility index (Phi) is 5.85. The van der Waals surface area contributed by atoms with Crippen LogP contribution in [0.2, 0.25) is 0 Å². The quantitative estimate of drug-likeness (QED) is 0.851. The minimum Gasteiger partial charge on any atom is -0.492 e. The summed E-state index contributed by atoms with van der Waals surface area (Å²) in [6.07, 6.45) is 1.64. The number of carbonyl (C=O) groups is 1. The Morgan fingerprint density at radius 3 is 2.82 bits per heavy atom. The van der Waals surface area contributed by atoms with Crippen molar-refractivity contribution in [2.45, 2.75) is 13.0 Å². The number of rotatable bonds is 7. The summed E-state index contributed by atoms with van der Waals surface area (Å²) in [5, 5.41) is 5.16. The van der Waals surface area contributed by atoms with Crippen LogP contribution in [0, 0.1) is 5.82 Å². The van der Waals surface area contributed by atoms with Crippen molar-refractivity contribution in [1.29, 1.82) is 0 Å². The number of nitrogens with one attached hydrogen (secondary N) is 1. The molecule has 0 spiro atoms. The number of anilines is 1. The minimum atomic E-state index is -0.305. The number of nitrogens with zero attached hydrogens (tertiary/aromatic N) is 2. The van der Waals surface area contributed by atoms with Crippen LogP contribution < -0.4 is 10.1 Å². The largest absolute Gasteiger partial charge is 0.492 e. The molecule has 1 amide bonds. The molecule has 0 aliphatic heterocycles. The molecule has 1 atom stereocenters. The molecule has 0 fully saturated rings. The third-order valence-electron chi connectivity index (χ3n) is 3.23. The van der Waals surface area contributed by atoms with Gasteiger partial charge >= 0.3 is 0 Å². The van der Waals surface area contributed by atoms with Gasteiger partial charge in [-0.25, -0.2) is 9.37 Å². The topological polar surface area (TPSA) is 54.5 Å². The summed E-state index contributed by atoms with van der Waals surface area (Å²) in [7, 11) is 1.85. The molecule has 118 valence electrons. The van der Waals surface area contributed by atoms with Crippen molar-refractivity contribution in [1.82, 2.24) is 9.88 Å². The first kappa shape index (κ1) is 16.4. The van der Waals surface area contributed by atoms with E-state index in [0.29, 0.717) is 24.0 Å². The lowest BCUT2D eigenvalue weighted by Crippen LogP contribution is -2.41. The highest BCUT2D eigenvalue weighted by Gasteiger charge is 2.18. The van der Waals surface area contributed by atoms with Crippen molar-refractivity contribution in [2.24, 2.45) is 0 Å². The molecule has 0 aliphatic carbocycles. The summed E-state index contributed by atoms with van der Waals surface area (Å²) in [5.74, 6) is 0.200. The molecule has 0 unspecified atom stereocenters. The Morgan fingerprint density at radius 2 is 2.18 bits per heavy atom. The normalized spacial score (nSPS) is 12.2. The first-order chi connectivity index (χ1) is 10.6. The maximum Gasteiger partial charge on any atom is 0.243 e. The number of hydrogen-bond acceptors (Lipinski definition) is 5. The second-order valence-corrected chi connectivity index (χ2v) is 5.68. The van der Waals surface area contributed by atoms with Crippen molar-refractivity contribution in [3.05, 3.63) is 41.7 Å². The van der Waals surface area contributed by atoms with E-state index in [1.165, 1.54) is 23.5 Å². The molecule has 2 aromatic rings. The standard InChI is InChI=1S/C15H18FN3O2S/c1-11(14(20)18-15-17-7-10-22-15)19(2)8-9-21-13-5-3-12(16)4-6-13/h3-7,10-11H,8-9H2,1-2H3,(H,17,18,20)/t11-/m1/s1. The van der Waals surface area contributed by atoms with Crippen LogP contribution in [0.4, 0.5) is 9.52 Å². The second kappa shape index (κ2) is 7.86. The summed E-state index contributed by atoms with van der Waals surface area (Å²) < 4.78 is 18.3. The monoisotopic (exact) mass is 323 g/mol. The Bertz CT molecular complexity index is 589. The molecule has 1 aromatic carbocycles. The van der Waals surface area contributed by atoms with Crippen LogP contribution in [-0.4, -0.2) is 42.0 Å². The van der Waals surface area contributed by atoms with Gasteiger partial charge in [0.15, 0.2) is 5.13 Å². The van der Waals surface area contributed by atoms with E-state index in [1.54, 1.807) is 23.7 Å². The molecule has 5 nitrogen and oxygen atoms in total. The lowest BCUT2D eigenvalue weighted by molar-refractivity contribution is -0.120. The molecule has 0 bridgehead atoms. The van der Waals surface area contributed by atoms with Gasteiger partial charge < -0.3 is 10.1 Å². The summed E-state index contributed by atoms with van der Waals surface area (Å²) in [4.78, 5) is 18.0. The second-order valence-electron chi connectivity index (χ2n) is 4.79. The van der Waals surface area contributed by atoms with Gasteiger partial charge in [-0.1, -0.05) is 0 Å². The molecule has 0 aliphatic rings. The molecule has 1 heterocycles. The lowest BCUT2D eigenvalue weighted by atomic mass is 10.3. The molecule has 1 aromatic heterocycles. The molecular formula is C15H18FN3O2S. The SMILES string of the molecule is C[C@H](C(=O)Nc1nccs1)N(C)CCOc1ccc(F)cc1. The Labute approximate surface area is 132 Å². The van der Waals surface area contributed by atoms with E-state index in [1.807, 2.05) is 18.9 Å². The third kappa shape index (κ3) is 4.78. The highest BCUT2D eigenvalue weighted by Crippen LogP contribution is 2.12. The van der Waals surface area contributed by atoms with Gasteiger partial charge in [0.2, 0.25) is 5.91 Å². The van der Waals surface area contributed by atoms with Gasteiger partial charge in [-0.3, -0.25) is 9.69 Å². The van der Waals surface area contributed by atoms with Crippen molar-refractivity contribution in [3.8, 4) is 5.75 Å². The number of thiazole rings is 1. The number of ether oxygens (including phenoxy) is 1. The van der Waals surface area contributed by atoms with Gasteiger partial charge in [-0.05, 0) is 38.2 Å². The summed E-state index contributed by atoms with van der Waals surface area (Å²) in [5.41, 5.74) is 0. The fraction of sp³-hybridized carbons (Fsp3) is 0.333. The highest BCUT2D eigenvalue weighted by molar-refractivity contribution is 7.13. The zero-order chi connectivity index (χ0) is 15.9. The average molecular weight is 323 g/mol. The molecule has 7 heteroatoms. The molecule has 2 rings (SSSR count). The predicted molar refractivity (Wildman–Crippen MR) is 84.7 cm³/mol. The van der Waals surface area contributed by atoms with Crippen LogP contribution in [0.3, 0.4) is 0 Å². The van der Waals surface area contributed by atoms with Gasteiger partial charge in [0, 0.05) is 18.1 Å². The first-order valence-electron chi connectivity index (χ1n) is 6.85. The van der Waals surface area contributed by atoms with Crippen LogP contribution in [0.5, 0.6) is 5.75 Å². The maximum absolute atomic E-state index is 12.8. The minimum absolute atomic E-state index is 0.112. The molecule has 1 N–H and O–H groups in total. The highest BCUT2D eigenvalue weighted by atomic mass is 32.1. The number of aromatic nitrogens is 1. The van der Waals surface area contributed by atoms with Crippen LogP contribution >= 0.6 is 11.3 Å². The average Bonchev–Trinajstić information content (AvgIpc) is 3.01. The van der Waals surface area contributed by atoms with E-state index in [9.17, 15) is 9.18 Å². The van der Waals surface area contributed by atoms with E-state index in [2.05, 4.69) is 10.3 Å². The van der Waals surface area contributed by atoms with Crippen LogP contribution in [0.1, 0.15) is 6.92 Å². The van der Waals surface area contributed by atoms with Crippen LogP contribution in [0.15, 0.2) is 35.8 Å². The molecule has 0 saturated heterocycles. The predicted octanol–water partition coefficient (Wildman–Crippen LogP) is 2.62. The lowest BCUT2D eigenvalue weighted by Gasteiger charge is -2.23. The number of likely N-dealkylation sites (N-methyl/N-ethyl adjacent to an activating group) is 1. The van der Waals surface area contributed by atoms with Crippen LogP contribution in [0.25, 0.3) is 0 Å². The van der Waals surface area contributed by atoms with Gasteiger partial charge in [0.05, 0.1) is 6.04 Å². The van der Waals surface area contributed by atoms with E-state index in [-0.39, 0.29) is 17.8 Å². The van der Waals surface area contributed by atoms with Gasteiger partial charge in [-0.2, -0.15) is 0 Å². The van der Waals surface area contributed by atoms with E-state index in [4.69, 9.17) is 4.74 Å². The Morgan fingerprint density at radius 1 is 1.45 bits per heavy atom. The fourth-order valence-corrected chi connectivity index (χ4v) is 2.26. The number of amides is 1. The number of carbonyl (C=O) groups excluding carboxylic acids is 1. The van der Waals surface area contributed by atoms with E-state index < -0.39 is 0 Å². The zero-order valence-corrected chi connectivity index (χ0v) is 13.3. The van der Waals surface area contributed by atoms with Crippen molar-refractivity contribution < 1.29 is 13.9 Å². The first-order valence-corrected chi connectivity index (χ1v) is 7.73. The smallest absolute Gasteiger partial charge is 0.243 e. The maximum atomic E-state index is 12.8. The Balaban J connectivity index is 1.74. The van der Waals surface area contributed by atoms with Gasteiger partial charge in [0.1, 0.15) is 18.2 Å². The fourth-order valence-electron chi connectivity index (χ4n) is 1.73. The summed E-state index contributed by atoms with van der Waals surface area (Å²) >= 11 is 1.38. The van der Waals surface area contributed by atoms with Gasteiger partial charge in [0.25, 0.3) is 0 Å².